The fraction of sp³-hybridized carbons (Fsp3) is 0.870. The van der Waals surface area contributed by atoms with Crippen LogP contribution in [0, 0.1) is 23.7 Å². The van der Waals surface area contributed by atoms with Crippen LogP contribution in [0.15, 0.2) is 0 Å². The molecule has 3 aliphatic carbocycles. The molecule has 0 aromatic rings. The van der Waals surface area contributed by atoms with Crippen LogP contribution in [0.5, 0.6) is 0 Å². The highest BCUT2D eigenvalue weighted by atomic mass is 16.6. The molecule has 2 saturated heterocycles. The lowest BCUT2D eigenvalue weighted by atomic mass is 9.78. The highest BCUT2D eigenvalue weighted by molar-refractivity contribution is 5.86. The molecule has 6 unspecified atom stereocenters. The van der Waals surface area contributed by atoms with E-state index in [9.17, 15) is 14.4 Å². The molecule has 0 aromatic heterocycles. The monoisotopic (exact) mass is 435 g/mol. The van der Waals surface area contributed by atoms with Gasteiger partial charge in [-0.05, 0) is 38.5 Å². The highest BCUT2D eigenvalue weighted by Crippen LogP contribution is 2.59. The molecule has 0 aromatic carbocycles. The predicted molar refractivity (Wildman–Crippen MR) is 108 cm³/mol. The Kier molecular flexibility index (Phi) is 5.71. The van der Waals surface area contributed by atoms with E-state index in [-0.39, 0.29) is 36.2 Å². The Morgan fingerprint density at radius 2 is 1.90 bits per heavy atom. The molecule has 3 saturated carbocycles. The van der Waals surface area contributed by atoms with Crippen molar-refractivity contribution in [2.45, 2.75) is 69.7 Å². The van der Waals surface area contributed by atoms with Crippen LogP contribution in [0.25, 0.3) is 0 Å². The number of carbonyl (C=O) groups excluding carboxylic acids is 3. The minimum absolute atomic E-state index is 0.0479. The molecule has 0 N–H and O–H groups in total. The number of morpholine rings is 1. The Bertz CT molecular complexity index is 727. The minimum Gasteiger partial charge on any atom is -0.459 e. The number of fused-ring (bicyclic) bond motifs is 1. The average molecular weight is 436 g/mol. The van der Waals surface area contributed by atoms with Crippen LogP contribution in [0.2, 0.25) is 0 Å². The van der Waals surface area contributed by atoms with Crippen molar-refractivity contribution in [3.63, 3.8) is 0 Å². The summed E-state index contributed by atoms with van der Waals surface area (Å²) in [5, 5.41) is 0. The Balaban J connectivity index is 1.24. The van der Waals surface area contributed by atoms with Crippen molar-refractivity contribution in [3.8, 4) is 0 Å². The van der Waals surface area contributed by atoms with Gasteiger partial charge in [0.1, 0.15) is 17.8 Å². The first-order chi connectivity index (χ1) is 15.0. The van der Waals surface area contributed by atoms with Gasteiger partial charge >= 0.3 is 17.9 Å². The lowest BCUT2D eigenvalue weighted by Gasteiger charge is -2.34. The van der Waals surface area contributed by atoms with Gasteiger partial charge in [-0.25, -0.2) is 0 Å². The number of carbonyl (C=O) groups is 3. The second-order valence-electron chi connectivity index (χ2n) is 9.84. The molecule has 5 rings (SSSR count). The van der Waals surface area contributed by atoms with E-state index in [1.54, 1.807) is 0 Å². The van der Waals surface area contributed by atoms with E-state index in [1.165, 1.54) is 0 Å². The van der Waals surface area contributed by atoms with Crippen LogP contribution < -0.4 is 0 Å². The lowest BCUT2D eigenvalue weighted by molar-refractivity contribution is -0.175. The van der Waals surface area contributed by atoms with Crippen molar-refractivity contribution in [3.05, 3.63) is 0 Å². The smallest absolute Gasteiger partial charge is 0.310 e. The van der Waals surface area contributed by atoms with Crippen molar-refractivity contribution < 1.29 is 33.3 Å². The highest BCUT2D eigenvalue weighted by Gasteiger charge is 2.70. The SMILES string of the molecule is CCC1(OC(=O)C2C3CC4C(OC(=O)C42)C3OC(=O)CCN2CCOCC2)CCCC1. The number of hydrogen-bond donors (Lipinski definition) is 0. The Hall–Kier alpha value is -1.67. The van der Waals surface area contributed by atoms with Crippen LogP contribution in [0.4, 0.5) is 0 Å². The third-order valence-corrected chi connectivity index (χ3v) is 8.30. The van der Waals surface area contributed by atoms with Crippen LogP contribution in [0.3, 0.4) is 0 Å². The molecule has 172 valence electrons. The van der Waals surface area contributed by atoms with Gasteiger partial charge in [0.2, 0.25) is 0 Å². The van der Waals surface area contributed by atoms with Gasteiger partial charge in [0.15, 0.2) is 0 Å². The first kappa shape index (κ1) is 21.2. The first-order valence-electron chi connectivity index (χ1n) is 11.9. The van der Waals surface area contributed by atoms with E-state index >= 15 is 0 Å². The molecular weight excluding hydrogens is 402 g/mol. The Labute approximate surface area is 182 Å². The van der Waals surface area contributed by atoms with Crippen molar-refractivity contribution in [1.82, 2.24) is 4.90 Å². The summed E-state index contributed by atoms with van der Waals surface area (Å²) in [7, 11) is 0. The molecule has 2 heterocycles. The van der Waals surface area contributed by atoms with E-state index < -0.39 is 29.6 Å². The van der Waals surface area contributed by atoms with Gasteiger partial charge in [-0.2, -0.15) is 0 Å². The zero-order chi connectivity index (χ0) is 21.6. The van der Waals surface area contributed by atoms with Gasteiger partial charge in [-0.15, -0.1) is 0 Å². The maximum Gasteiger partial charge on any atom is 0.310 e. The molecule has 5 fully saturated rings. The lowest BCUT2D eigenvalue weighted by Crippen LogP contribution is -2.46. The summed E-state index contributed by atoms with van der Waals surface area (Å²) in [5.74, 6) is -2.17. The molecule has 6 atom stereocenters. The molecule has 8 nitrogen and oxygen atoms in total. The minimum atomic E-state index is -0.558. The topological polar surface area (TPSA) is 91.4 Å². The van der Waals surface area contributed by atoms with Crippen LogP contribution in [-0.4, -0.2) is 73.5 Å². The molecular formula is C23H33NO7. The summed E-state index contributed by atoms with van der Waals surface area (Å²) >= 11 is 0. The zero-order valence-corrected chi connectivity index (χ0v) is 18.3. The summed E-state index contributed by atoms with van der Waals surface area (Å²) < 4.78 is 22.8. The van der Waals surface area contributed by atoms with E-state index in [2.05, 4.69) is 11.8 Å². The Morgan fingerprint density at radius 3 is 2.61 bits per heavy atom. The number of ether oxygens (including phenoxy) is 4. The molecule has 2 aliphatic heterocycles. The van der Waals surface area contributed by atoms with Crippen LogP contribution in [-0.2, 0) is 33.3 Å². The fourth-order valence-electron chi connectivity index (χ4n) is 6.58. The van der Waals surface area contributed by atoms with Gasteiger partial charge in [0.05, 0.1) is 31.5 Å². The summed E-state index contributed by atoms with van der Waals surface area (Å²) in [6.07, 6.45) is 4.70. The Morgan fingerprint density at radius 1 is 1.16 bits per heavy atom. The first-order valence-corrected chi connectivity index (χ1v) is 11.9. The van der Waals surface area contributed by atoms with E-state index in [0.29, 0.717) is 26.2 Å². The number of hydrogen-bond acceptors (Lipinski definition) is 8. The van der Waals surface area contributed by atoms with Crippen LogP contribution in [0.1, 0.15) is 51.9 Å². The number of rotatable bonds is 7. The summed E-state index contributed by atoms with van der Waals surface area (Å²) in [6, 6.07) is 0. The number of nitrogens with zero attached hydrogens (tertiary/aromatic N) is 1. The molecule has 31 heavy (non-hydrogen) atoms. The van der Waals surface area contributed by atoms with E-state index in [1.807, 2.05) is 0 Å². The quantitative estimate of drug-likeness (QED) is 0.441. The number of esters is 3. The third kappa shape index (κ3) is 3.75. The molecule has 0 radical (unpaired) electrons. The van der Waals surface area contributed by atoms with E-state index in [4.69, 9.17) is 18.9 Å². The van der Waals surface area contributed by atoms with Crippen molar-refractivity contribution in [2.24, 2.45) is 23.7 Å². The summed E-state index contributed by atoms with van der Waals surface area (Å²) in [4.78, 5) is 40.6. The van der Waals surface area contributed by atoms with E-state index in [0.717, 1.165) is 45.2 Å². The fourth-order valence-corrected chi connectivity index (χ4v) is 6.58. The van der Waals surface area contributed by atoms with Crippen LogP contribution >= 0.6 is 0 Å². The third-order valence-electron chi connectivity index (χ3n) is 8.30. The van der Waals surface area contributed by atoms with Gasteiger partial charge in [0.25, 0.3) is 0 Å². The maximum atomic E-state index is 13.3. The van der Waals surface area contributed by atoms with Crippen molar-refractivity contribution >= 4 is 17.9 Å². The normalized spacial score (nSPS) is 38.3. The predicted octanol–water partition coefficient (Wildman–Crippen LogP) is 1.69. The molecule has 5 aliphatic rings. The van der Waals surface area contributed by atoms with Gasteiger partial charge < -0.3 is 18.9 Å². The van der Waals surface area contributed by atoms with Gasteiger partial charge in [-0.1, -0.05) is 6.92 Å². The van der Waals surface area contributed by atoms with Crippen molar-refractivity contribution in [2.75, 3.05) is 32.8 Å². The second kappa shape index (κ2) is 8.35. The summed E-state index contributed by atoms with van der Waals surface area (Å²) in [6.45, 7) is 5.68. The van der Waals surface area contributed by atoms with Gasteiger partial charge in [0, 0.05) is 31.5 Å². The average Bonchev–Trinajstić information content (AvgIpc) is 3.51. The maximum absolute atomic E-state index is 13.3. The second-order valence-corrected chi connectivity index (χ2v) is 9.84. The summed E-state index contributed by atoms with van der Waals surface area (Å²) in [5.41, 5.74) is -0.398. The standard InChI is InChI=1S/C23H33NO7/c1-2-23(6-3-4-7-23)31-22(27)18-15-13-14-17(18)21(26)30-20(14)19(15)29-16(25)5-8-24-9-11-28-12-10-24/h14-15,17-20H,2-13H2,1H3. The van der Waals surface area contributed by atoms with Crippen molar-refractivity contribution in [1.29, 1.82) is 0 Å². The van der Waals surface area contributed by atoms with Gasteiger partial charge in [-0.3, -0.25) is 19.3 Å². The molecule has 0 amide bonds. The molecule has 0 spiro atoms. The molecule has 8 heteroatoms. The molecule has 2 bridgehead atoms. The largest absolute Gasteiger partial charge is 0.459 e. The zero-order valence-electron chi connectivity index (χ0n) is 18.3.